The number of aromatic nitrogens is 1. The van der Waals surface area contributed by atoms with Gasteiger partial charge >= 0.3 is 0 Å². The fraction of sp³-hybridized carbons (Fsp3) is 0.462. The van der Waals surface area contributed by atoms with Crippen LogP contribution in [0.3, 0.4) is 0 Å². The molecule has 1 N–H and O–H groups in total. The molecule has 0 radical (unpaired) electrons. The smallest absolute Gasteiger partial charge is 0.290 e. The maximum Gasteiger partial charge on any atom is 0.290 e. The number of carbonyl (C=O) groups is 3. The quantitative estimate of drug-likeness (QED) is 0.611. The lowest BCUT2D eigenvalue weighted by molar-refractivity contribution is -0.143. The van der Waals surface area contributed by atoms with Gasteiger partial charge in [-0.3, -0.25) is 19.3 Å². The molecule has 0 bridgehead atoms. The van der Waals surface area contributed by atoms with Crippen LogP contribution in [-0.2, 0) is 16.1 Å². The van der Waals surface area contributed by atoms with Crippen LogP contribution in [0.2, 0.25) is 0 Å². The maximum absolute atomic E-state index is 13.7. The van der Waals surface area contributed by atoms with Gasteiger partial charge in [0.05, 0.1) is 13.0 Å². The number of ether oxygens (including phenoxy) is 1. The number of halogens is 1. The Hall–Kier alpha value is -3.53. The van der Waals surface area contributed by atoms with Crippen LogP contribution in [0.1, 0.15) is 41.3 Å². The molecule has 1 aromatic carbocycles. The topological polar surface area (TPSA) is 95.1 Å². The van der Waals surface area contributed by atoms with Gasteiger partial charge in [-0.15, -0.1) is 0 Å². The molecule has 0 aliphatic carbocycles. The van der Waals surface area contributed by atoms with Crippen molar-refractivity contribution in [2.24, 2.45) is 0 Å². The molecule has 192 valence electrons. The Morgan fingerprint density at radius 2 is 1.83 bits per heavy atom. The van der Waals surface area contributed by atoms with Crippen LogP contribution in [0.25, 0.3) is 0 Å². The molecular formula is C26H32FN5O4. The summed E-state index contributed by atoms with van der Waals surface area (Å²) >= 11 is 0. The summed E-state index contributed by atoms with van der Waals surface area (Å²) in [5.74, 6) is -1.75. The highest BCUT2D eigenvalue weighted by Crippen LogP contribution is 2.36. The lowest BCUT2D eigenvalue weighted by Crippen LogP contribution is -2.57. The van der Waals surface area contributed by atoms with Crippen LogP contribution in [0.4, 0.5) is 10.2 Å². The standard InChI is InChI=1S/C26H32FN5O4/c1-15-13-32(16(2)12-31(15)14-17-6-8-18(27)9-7-17)25(34)20-10-19-21(22(33)26(35)30(3)4)11-28-23(19)29-24(20)36-5/h6-10,15-16,21H,11-14H2,1-5H3,(H,28,29)/t15-,16+,21?/m0/s1. The summed E-state index contributed by atoms with van der Waals surface area (Å²) in [4.78, 5) is 48.5. The number of rotatable bonds is 6. The third-order valence-corrected chi connectivity index (χ3v) is 6.90. The van der Waals surface area contributed by atoms with E-state index in [0.717, 1.165) is 5.56 Å². The maximum atomic E-state index is 13.7. The van der Waals surface area contributed by atoms with Gasteiger partial charge in [-0.1, -0.05) is 12.1 Å². The third kappa shape index (κ3) is 4.90. The fourth-order valence-electron chi connectivity index (χ4n) is 4.82. The van der Waals surface area contributed by atoms with E-state index in [9.17, 15) is 18.8 Å². The minimum atomic E-state index is -0.719. The van der Waals surface area contributed by atoms with Crippen molar-refractivity contribution in [3.8, 4) is 5.88 Å². The van der Waals surface area contributed by atoms with E-state index in [4.69, 9.17) is 4.74 Å². The molecule has 2 aromatic rings. The third-order valence-electron chi connectivity index (χ3n) is 6.90. The number of nitrogens with one attached hydrogen (secondary N) is 1. The molecule has 1 fully saturated rings. The number of hydrogen-bond acceptors (Lipinski definition) is 7. The molecule has 3 heterocycles. The van der Waals surface area contributed by atoms with Crippen molar-refractivity contribution >= 4 is 23.4 Å². The van der Waals surface area contributed by atoms with Gasteiger partial charge < -0.3 is 19.9 Å². The highest BCUT2D eigenvalue weighted by atomic mass is 19.1. The average molecular weight is 498 g/mol. The van der Waals surface area contributed by atoms with E-state index in [0.29, 0.717) is 31.0 Å². The second kappa shape index (κ2) is 10.2. The zero-order chi connectivity index (χ0) is 26.1. The first-order valence-corrected chi connectivity index (χ1v) is 12.0. The van der Waals surface area contributed by atoms with Gasteiger partial charge in [-0.25, -0.2) is 4.39 Å². The molecule has 2 amide bonds. The predicted octanol–water partition coefficient (Wildman–Crippen LogP) is 2.13. The van der Waals surface area contributed by atoms with Gasteiger partial charge in [0.2, 0.25) is 11.7 Å². The molecular weight excluding hydrogens is 465 g/mol. The summed E-state index contributed by atoms with van der Waals surface area (Å²) in [6.07, 6.45) is 0. The molecule has 3 atom stereocenters. The summed E-state index contributed by atoms with van der Waals surface area (Å²) in [7, 11) is 4.51. The van der Waals surface area contributed by atoms with E-state index in [2.05, 4.69) is 22.1 Å². The van der Waals surface area contributed by atoms with Crippen LogP contribution < -0.4 is 10.1 Å². The van der Waals surface area contributed by atoms with Crippen molar-refractivity contribution in [1.29, 1.82) is 0 Å². The van der Waals surface area contributed by atoms with Gasteiger partial charge in [-0.2, -0.15) is 4.98 Å². The van der Waals surface area contributed by atoms with E-state index >= 15 is 0 Å². The normalized spacial score (nSPS) is 21.5. The lowest BCUT2D eigenvalue weighted by Gasteiger charge is -2.44. The minimum Gasteiger partial charge on any atom is -0.480 e. The molecule has 2 aliphatic rings. The lowest BCUT2D eigenvalue weighted by atomic mass is 9.95. The number of Topliss-reactive ketones (excluding diaryl/α,β-unsaturated/α-hetero) is 1. The van der Waals surface area contributed by atoms with Crippen molar-refractivity contribution in [2.75, 3.05) is 46.2 Å². The number of piperazine rings is 1. The average Bonchev–Trinajstić information content (AvgIpc) is 3.28. The van der Waals surface area contributed by atoms with E-state index < -0.39 is 17.6 Å². The summed E-state index contributed by atoms with van der Waals surface area (Å²) in [5, 5.41) is 3.06. The first-order chi connectivity index (χ1) is 17.1. The fourth-order valence-corrected chi connectivity index (χ4v) is 4.82. The van der Waals surface area contributed by atoms with Crippen molar-refractivity contribution in [1.82, 2.24) is 19.7 Å². The van der Waals surface area contributed by atoms with Gasteiger partial charge in [0.25, 0.3) is 11.8 Å². The molecule has 9 nitrogen and oxygen atoms in total. The highest BCUT2D eigenvalue weighted by molar-refractivity contribution is 6.38. The minimum absolute atomic E-state index is 0.0669. The zero-order valence-corrected chi connectivity index (χ0v) is 21.2. The van der Waals surface area contributed by atoms with Crippen molar-refractivity contribution in [3.63, 3.8) is 0 Å². The Kier molecular flexibility index (Phi) is 7.26. The van der Waals surface area contributed by atoms with Gasteiger partial charge in [0.1, 0.15) is 17.2 Å². The second-order valence-corrected chi connectivity index (χ2v) is 9.69. The number of likely N-dealkylation sites (N-methyl/N-ethyl adjacent to an activating group) is 1. The van der Waals surface area contributed by atoms with Crippen LogP contribution >= 0.6 is 0 Å². The first kappa shape index (κ1) is 25.6. The Bertz CT molecular complexity index is 1170. The summed E-state index contributed by atoms with van der Waals surface area (Å²) in [6, 6.07) is 8.06. The Morgan fingerprint density at radius 3 is 2.47 bits per heavy atom. The predicted molar refractivity (Wildman–Crippen MR) is 132 cm³/mol. The number of amides is 2. The molecule has 1 saturated heterocycles. The Labute approximate surface area is 210 Å². The molecule has 10 heteroatoms. The number of pyridine rings is 1. The molecule has 2 aliphatic heterocycles. The number of nitrogens with zero attached hydrogens (tertiary/aromatic N) is 4. The number of carbonyl (C=O) groups excluding carboxylic acids is 3. The number of ketones is 1. The molecule has 4 rings (SSSR count). The Morgan fingerprint density at radius 1 is 1.14 bits per heavy atom. The van der Waals surface area contributed by atoms with Crippen LogP contribution in [-0.4, -0.2) is 90.2 Å². The Balaban J connectivity index is 1.56. The molecule has 0 saturated carbocycles. The highest BCUT2D eigenvalue weighted by Gasteiger charge is 2.38. The largest absolute Gasteiger partial charge is 0.480 e. The number of methoxy groups -OCH3 is 1. The van der Waals surface area contributed by atoms with Crippen LogP contribution in [0.5, 0.6) is 5.88 Å². The number of anilines is 1. The summed E-state index contributed by atoms with van der Waals surface area (Å²) in [6.45, 7) is 6.06. The van der Waals surface area contributed by atoms with Crippen LogP contribution in [0, 0.1) is 5.82 Å². The molecule has 1 unspecified atom stereocenters. The zero-order valence-electron chi connectivity index (χ0n) is 21.2. The monoisotopic (exact) mass is 497 g/mol. The number of benzene rings is 1. The van der Waals surface area contributed by atoms with E-state index in [1.54, 1.807) is 23.1 Å². The van der Waals surface area contributed by atoms with E-state index in [-0.39, 0.29) is 41.8 Å². The first-order valence-electron chi connectivity index (χ1n) is 12.0. The molecule has 36 heavy (non-hydrogen) atoms. The van der Waals surface area contributed by atoms with Crippen LogP contribution in [0.15, 0.2) is 30.3 Å². The van der Waals surface area contributed by atoms with Crippen molar-refractivity contribution in [2.45, 2.75) is 38.4 Å². The second-order valence-electron chi connectivity index (χ2n) is 9.69. The number of fused-ring (bicyclic) bond motifs is 1. The molecule has 1 aromatic heterocycles. The van der Waals surface area contributed by atoms with E-state index in [1.165, 1.54) is 38.2 Å². The van der Waals surface area contributed by atoms with Gasteiger partial charge in [0.15, 0.2) is 0 Å². The SMILES string of the molecule is COc1nc2c(cc1C(=O)N1C[C@H](C)N(Cc3ccc(F)cc3)C[C@H]1C)C(C(=O)C(=O)N(C)C)CN2. The molecule has 0 spiro atoms. The summed E-state index contributed by atoms with van der Waals surface area (Å²) in [5.41, 5.74) is 1.80. The van der Waals surface area contributed by atoms with Crippen molar-refractivity contribution in [3.05, 3.63) is 52.8 Å². The van der Waals surface area contributed by atoms with Gasteiger partial charge in [-0.05, 0) is 37.6 Å². The number of hydrogen-bond donors (Lipinski definition) is 1. The van der Waals surface area contributed by atoms with E-state index in [1.807, 2.05) is 6.92 Å². The summed E-state index contributed by atoms with van der Waals surface area (Å²) < 4.78 is 18.7. The van der Waals surface area contributed by atoms with Gasteiger partial charge in [0, 0.05) is 57.9 Å². The van der Waals surface area contributed by atoms with Crippen molar-refractivity contribution < 1.29 is 23.5 Å².